The van der Waals surface area contributed by atoms with E-state index < -0.39 is 11.7 Å². The van der Waals surface area contributed by atoms with Gasteiger partial charge >= 0.3 is 0 Å². The Morgan fingerprint density at radius 3 is 2.69 bits per heavy atom. The van der Waals surface area contributed by atoms with E-state index in [0.29, 0.717) is 29.5 Å². The number of nitrogens with zero attached hydrogens (tertiary/aromatic N) is 4. The van der Waals surface area contributed by atoms with Crippen LogP contribution >= 0.6 is 0 Å². The second-order valence-corrected chi connectivity index (χ2v) is 7.95. The molecule has 1 aliphatic rings. The first kappa shape index (κ1) is 23.4. The molecule has 3 rings (SSSR count). The minimum absolute atomic E-state index is 0.112. The van der Waals surface area contributed by atoms with Crippen molar-refractivity contribution >= 4 is 11.7 Å². The van der Waals surface area contributed by atoms with Crippen LogP contribution in [0.4, 0.5) is 4.39 Å². The summed E-state index contributed by atoms with van der Waals surface area (Å²) in [5.41, 5.74) is 7.27. The predicted molar refractivity (Wildman–Crippen MR) is 119 cm³/mol. The molecule has 0 radical (unpaired) electrons. The quantitative estimate of drug-likeness (QED) is 0.247. The lowest BCUT2D eigenvalue weighted by Gasteiger charge is -2.25. The Hall–Kier alpha value is -3.27. The SMILES string of the molecule is COc1cc(CNC(=O)c2cc(/C(N)=N/N(N)CC3CCCCC3)nc(C)n2)ccc1F. The number of aryl methyl sites for hydroxylation is 1. The van der Waals surface area contributed by atoms with E-state index in [1.807, 2.05) is 0 Å². The van der Waals surface area contributed by atoms with Crippen molar-refractivity contribution in [3.63, 3.8) is 0 Å². The van der Waals surface area contributed by atoms with Crippen molar-refractivity contribution in [1.29, 1.82) is 0 Å². The Labute approximate surface area is 187 Å². The molecule has 1 heterocycles. The molecule has 1 saturated carbocycles. The molecule has 0 unspecified atom stereocenters. The second-order valence-electron chi connectivity index (χ2n) is 7.95. The summed E-state index contributed by atoms with van der Waals surface area (Å²) in [4.78, 5) is 21.1. The lowest BCUT2D eigenvalue weighted by atomic mass is 9.89. The van der Waals surface area contributed by atoms with Gasteiger partial charge in [-0.2, -0.15) is 0 Å². The summed E-state index contributed by atoms with van der Waals surface area (Å²) in [5, 5.41) is 8.34. The zero-order valence-corrected chi connectivity index (χ0v) is 18.5. The van der Waals surface area contributed by atoms with Crippen molar-refractivity contribution < 1.29 is 13.9 Å². The fourth-order valence-electron chi connectivity index (χ4n) is 3.77. The Bertz CT molecular complexity index is 977. The van der Waals surface area contributed by atoms with E-state index in [2.05, 4.69) is 20.4 Å². The van der Waals surface area contributed by atoms with Gasteiger partial charge in [0.25, 0.3) is 5.91 Å². The van der Waals surface area contributed by atoms with Gasteiger partial charge in [-0.1, -0.05) is 25.3 Å². The van der Waals surface area contributed by atoms with Crippen LogP contribution in [0.2, 0.25) is 0 Å². The molecule has 1 amide bonds. The number of amides is 1. The largest absolute Gasteiger partial charge is 0.494 e. The number of hydrazine groups is 1. The minimum atomic E-state index is -0.467. The average Bonchev–Trinajstić information content (AvgIpc) is 2.78. The maximum absolute atomic E-state index is 13.6. The molecule has 1 aliphatic carbocycles. The van der Waals surface area contributed by atoms with Gasteiger partial charge in [-0.3, -0.25) is 4.79 Å². The smallest absolute Gasteiger partial charge is 0.270 e. The number of hydrogen-bond donors (Lipinski definition) is 3. The maximum Gasteiger partial charge on any atom is 0.270 e. The summed E-state index contributed by atoms with van der Waals surface area (Å²) >= 11 is 0. The fourth-order valence-corrected chi connectivity index (χ4v) is 3.77. The molecule has 1 aromatic carbocycles. The number of halogens is 1. The topological polar surface area (TPSA) is 132 Å². The average molecular weight is 444 g/mol. The van der Waals surface area contributed by atoms with Crippen LogP contribution in [0.5, 0.6) is 5.75 Å². The highest BCUT2D eigenvalue weighted by molar-refractivity contribution is 5.99. The van der Waals surface area contributed by atoms with Crippen LogP contribution in [-0.2, 0) is 6.54 Å². The van der Waals surface area contributed by atoms with E-state index in [4.69, 9.17) is 16.3 Å². The van der Waals surface area contributed by atoms with E-state index in [1.165, 1.54) is 49.7 Å². The summed E-state index contributed by atoms with van der Waals surface area (Å²) in [5.74, 6) is 6.26. The number of rotatable bonds is 8. The summed E-state index contributed by atoms with van der Waals surface area (Å²) in [6.07, 6.45) is 5.98. The van der Waals surface area contributed by atoms with Gasteiger partial charge in [-0.05, 0) is 49.4 Å². The summed E-state index contributed by atoms with van der Waals surface area (Å²) in [6, 6.07) is 5.86. The van der Waals surface area contributed by atoms with Crippen LogP contribution in [0.3, 0.4) is 0 Å². The van der Waals surface area contributed by atoms with Gasteiger partial charge in [0.2, 0.25) is 0 Å². The first-order chi connectivity index (χ1) is 15.4. The molecule has 172 valence electrons. The van der Waals surface area contributed by atoms with Crippen molar-refractivity contribution in [2.24, 2.45) is 22.6 Å². The molecule has 0 bridgehead atoms. The fraction of sp³-hybridized carbons (Fsp3) is 0.455. The Morgan fingerprint density at radius 2 is 1.97 bits per heavy atom. The predicted octanol–water partition coefficient (Wildman–Crippen LogP) is 2.24. The van der Waals surface area contributed by atoms with Crippen molar-refractivity contribution in [2.75, 3.05) is 13.7 Å². The van der Waals surface area contributed by atoms with Crippen molar-refractivity contribution in [2.45, 2.75) is 45.6 Å². The van der Waals surface area contributed by atoms with Gasteiger partial charge in [0, 0.05) is 6.54 Å². The van der Waals surface area contributed by atoms with E-state index in [9.17, 15) is 9.18 Å². The normalized spacial score (nSPS) is 14.8. The van der Waals surface area contributed by atoms with Gasteiger partial charge < -0.3 is 15.8 Å². The molecule has 1 fully saturated rings. The van der Waals surface area contributed by atoms with Crippen molar-refractivity contribution in [3.8, 4) is 5.75 Å². The molecule has 10 heteroatoms. The van der Waals surface area contributed by atoms with E-state index in [1.54, 1.807) is 13.0 Å². The number of hydrogen-bond acceptors (Lipinski definition) is 7. The standard InChI is InChI=1S/C22H30FN7O2/c1-14-27-18(21(24)29-30(25)13-15-6-4-3-5-7-15)11-19(28-14)22(31)26-12-16-8-9-17(23)20(10-16)32-2/h8-11,15H,3-7,12-13,25H2,1-2H3,(H2,24,29)(H,26,31). The summed E-state index contributed by atoms with van der Waals surface area (Å²) in [6.45, 7) is 2.47. The summed E-state index contributed by atoms with van der Waals surface area (Å²) < 4.78 is 18.5. The molecular formula is C22H30FN7O2. The van der Waals surface area contributed by atoms with Gasteiger partial charge in [-0.25, -0.2) is 25.3 Å². The van der Waals surface area contributed by atoms with Crippen LogP contribution in [0.15, 0.2) is 29.4 Å². The number of nitrogens with one attached hydrogen (secondary N) is 1. The first-order valence-electron chi connectivity index (χ1n) is 10.7. The van der Waals surface area contributed by atoms with Crippen LogP contribution in [0, 0.1) is 18.7 Å². The molecule has 0 atom stereocenters. The number of aromatic nitrogens is 2. The molecule has 5 N–H and O–H groups in total. The van der Waals surface area contributed by atoms with Crippen LogP contribution in [0.1, 0.15) is 59.7 Å². The highest BCUT2D eigenvalue weighted by Crippen LogP contribution is 2.24. The highest BCUT2D eigenvalue weighted by atomic mass is 19.1. The van der Waals surface area contributed by atoms with Crippen LogP contribution < -0.4 is 21.6 Å². The van der Waals surface area contributed by atoms with Crippen LogP contribution in [-0.4, -0.2) is 40.5 Å². The number of ether oxygens (including phenoxy) is 1. The Balaban J connectivity index is 1.66. The number of nitrogens with two attached hydrogens (primary N) is 2. The molecule has 32 heavy (non-hydrogen) atoms. The highest BCUT2D eigenvalue weighted by Gasteiger charge is 2.17. The Kier molecular flexibility index (Phi) is 7.93. The molecule has 0 aliphatic heterocycles. The summed E-state index contributed by atoms with van der Waals surface area (Å²) in [7, 11) is 1.38. The lowest BCUT2D eigenvalue weighted by molar-refractivity contribution is 0.0945. The Morgan fingerprint density at radius 1 is 1.25 bits per heavy atom. The molecular weight excluding hydrogens is 413 g/mol. The molecule has 0 saturated heterocycles. The number of hydrazone groups is 1. The van der Waals surface area contributed by atoms with Crippen LogP contribution in [0.25, 0.3) is 0 Å². The van der Waals surface area contributed by atoms with E-state index >= 15 is 0 Å². The van der Waals surface area contributed by atoms with E-state index in [-0.39, 0.29) is 23.8 Å². The number of carbonyl (C=O) groups is 1. The van der Waals surface area contributed by atoms with Crippen molar-refractivity contribution in [3.05, 3.63) is 52.9 Å². The van der Waals surface area contributed by atoms with Crippen molar-refractivity contribution in [1.82, 2.24) is 20.4 Å². The molecule has 1 aromatic heterocycles. The van der Waals surface area contributed by atoms with Gasteiger partial charge in [0.05, 0.1) is 13.7 Å². The third-order valence-corrected chi connectivity index (χ3v) is 5.41. The third-order valence-electron chi connectivity index (χ3n) is 5.41. The maximum atomic E-state index is 13.6. The number of amidine groups is 1. The lowest BCUT2D eigenvalue weighted by Crippen LogP contribution is -2.35. The van der Waals surface area contributed by atoms with Gasteiger partial charge in [0.15, 0.2) is 17.4 Å². The zero-order chi connectivity index (χ0) is 23.1. The molecule has 0 spiro atoms. The monoisotopic (exact) mass is 443 g/mol. The number of benzene rings is 1. The third kappa shape index (κ3) is 6.36. The first-order valence-corrected chi connectivity index (χ1v) is 10.7. The number of carbonyl (C=O) groups excluding carboxylic acids is 1. The zero-order valence-electron chi connectivity index (χ0n) is 18.5. The van der Waals surface area contributed by atoms with Gasteiger partial charge in [0.1, 0.15) is 17.2 Å². The van der Waals surface area contributed by atoms with E-state index in [0.717, 1.165) is 12.8 Å². The molecule has 9 nitrogen and oxygen atoms in total. The number of methoxy groups -OCH3 is 1. The minimum Gasteiger partial charge on any atom is -0.494 e. The second kappa shape index (κ2) is 10.9. The van der Waals surface area contributed by atoms with Gasteiger partial charge in [-0.15, -0.1) is 5.10 Å². The molecule has 2 aromatic rings.